The van der Waals surface area contributed by atoms with Crippen molar-refractivity contribution in [3.8, 4) is 0 Å². The molecule has 1 aliphatic heterocycles. The molecule has 2 heterocycles. The average Bonchev–Trinajstić information content (AvgIpc) is 3.21. The zero-order valence-electron chi connectivity index (χ0n) is 13.4. The molecule has 6 nitrogen and oxygen atoms in total. The van der Waals surface area contributed by atoms with Gasteiger partial charge < -0.3 is 14.8 Å². The summed E-state index contributed by atoms with van der Waals surface area (Å²) in [6, 6.07) is 0.371. The Balaban J connectivity index is 1.49. The van der Waals surface area contributed by atoms with E-state index in [9.17, 15) is 4.79 Å². The van der Waals surface area contributed by atoms with E-state index in [-0.39, 0.29) is 6.03 Å². The summed E-state index contributed by atoms with van der Waals surface area (Å²) < 4.78 is 2.13. The van der Waals surface area contributed by atoms with Crippen molar-refractivity contribution in [2.24, 2.45) is 0 Å². The fourth-order valence-electron chi connectivity index (χ4n) is 3.44. The molecule has 1 fully saturated rings. The van der Waals surface area contributed by atoms with Crippen LogP contribution in [0.15, 0.2) is 0 Å². The fourth-order valence-corrected chi connectivity index (χ4v) is 4.58. The van der Waals surface area contributed by atoms with Gasteiger partial charge in [-0.2, -0.15) is 11.8 Å². The van der Waals surface area contributed by atoms with Gasteiger partial charge >= 0.3 is 6.03 Å². The van der Waals surface area contributed by atoms with Crippen LogP contribution in [0.1, 0.15) is 44.3 Å². The topological polar surface area (TPSA) is 63.1 Å². The Kier molecular flexibility index (Phi) is 4.90. The van der Waals surface area contributed by atoms with Crippen molar-refractivity contribution in [1.82, 2.24) is 25.0 Å². The summed E-state index contributed by atoms with van der Waals surface area (Å²) in [5.74, 6) is 3.08. The van der Waals surface area contributed by atoms with Crippen molar-refractivity contribution in [2.75, 3.05) is 12.8 Å². The molecular weight excluding hydrogens is 298 g/mol. The van der Waals surface area contributed by atoms with Gasteiger partial charge in [-0.1, -0.05) is 6.92 Å². The summed E-state index contributed by atoms with van der Waals surface area (Å²) in [4.78, 5) is 14.2. The van der Waals surface area contributed by atoms with Crippen LogP contribution in [-0.4, -0.2) is 49.8 Å². The molecule has 22 heavy (non-hydrogen) atoms. The lowest BCUT2D eigenvalue weighted by molar-refractivity contribution is 0.190. The number of hydrogen-bond donors (Lipinski definition) is 1. The molecule has 1 aromatic heterocycles. The van der Waals surface area contributed by atoms with Gasteiger partial charge in [0.2, 0.25) is 0 Å². The monoisotopic (exact) mass is 323 g/mol. The van der Waals surface area contributed by atoms with E-state index in [1.54, 1.807) is 0 Å². The summed E-state index contributed by atoms with van der Waals surface area (Å²) in [6.07, 6.45) is 5.58. The normalized spacial score (nSPS) is 23.5. The first kappa shape index (κ1) is 15.6. The van der Waals surface area contributed by atoms with Gasteiger partial charge in [0.05, 0.1) is 6.54 Å². The second-order valence-electron chi connectivity index (χ2n) is 6.10. The van der Waals surface area contributed by atoms with Crippen LogP contribution in [0.2, 0.25) is 0 Å². The standard InChI is InChI=1S/C15H25N5OS/c1-3-22-12-7-6-11(9-12)19(2)15(21)16-10-14-18-17-13-5-4-8-20(13)14/h11-12H,3-10H2,1-2H3,(H,16,21)/t11-,12+/m0/s1. The van der Waals surface area contributed by atoms with Gasteiger partial charge in [-0.05, 0) is 31.4 Å². The van der Waals surface area contributed by atoms with Crippen LogP contribution in [0.5, 0.6) is 0 Å². The maximum absolute atomic E-state index is 12.3. The van der Waals surface area contributed by atoms with Gasteiger partial charge in [0.15, 0.2) is 5.82 Å². The molecule has 122 valence electrons. The first-order chi connectivity index (χ1) is 10.7. The summed E-state index contributed by atoms with van der Waals surface area (Å²) in [5, 5.41) is 12.1. The Labute approximate surface area is 136 Å². The number of amides is 2. The molecule has 7 heteroatoms. The van der Waals surface area contributed by atoms with Crippen LogP contribution >= 0.6 is 11.8 Å². The van der Waals surface area contributed by atoms with Crippen LogP contribution < -0.4 is 5.32 Å². The smallest absolute Gasteiger partial charge is 0.317 e. The molecule has 0 saturated heterocycles. The van der Waals surface area contributed by atoms with Crippen molar-refractivity contribution in [1.29, 1.82) is 0 Å². The lowest BCUT2D eigenvalue weighted by Gasteiger charge is -2.25. The molecule has 2 aliphatic rings. The molecule has 1 aromatic rings. The molecule has 1 saturated carbocycles. The van der Waals surface area contributed by atoms with Gasteiger partial charge in [-0.3, -0.25) is 0 Å². The van der Waals surface area contributed by atoms with E-state index in [0.29, 0.717) is 17.8 Å². The van der Waals surface area contributed by atoms with Gasteiger partial charge in [0, 0.05) is 31.3 Å². The predicted molar refractivity (Wildman–Crippen MR) is 87.9 cm³/mol. The quantitative estimate of drug-likeness (QED) is 0.901. The van der Waals surface area contributed by atoms with Crippen molar-refractivity contribution in [3.05, 3.63) is 11.6 Å². The second kappa shape index (κ2) is 6.89. The Bertz CT molecular complexity index is 532. The molecule has 0 spiro atoms. The van der Waals surface area contributed by atoms with Gasteiger partial charge in [0.1, 0.15) is 5.82 Å². The number of carbonyl (C=O) groups excluding carboxylic acids is 1. The van der Waals surface area contributed by atoms with Crippen LogP contribution in [0.3, 0.4) is 0 Å². The summed E-state index contributed by atoms with van der Waals surface area (Å²) >= 11 is 2.02. The minimum Gasteiger partial charge on any atom is -0.331 e. The zero-order chi connectivity index (χ0) is 15.5. The molecule has 1 aliphatic carbocycles. The number of rotatable bonds is 5. The highest BCUT2D eigenvalue weighted by atomic mass is 32.2. The molecule has 0 unspecified atom stereocenters. The fraction of sp³-hybridized carbons (Fsp3) is 0.800. The summed E-state index contributed by atoms with van der Waals surface area (Å²) in [6.45, 7) is 3.64. The Morgan fingerprint density at radius 1 is 1.45 bits per heavy atom. The molecule has 2 atom stereocenters. The molecule has 0 bridgehead atoms. The van der Waals surface area contributed by atoms with Crippen LogP contribution in [-0.2, 0) is 19.5 Å². The number of hydrogen-bond acceptors (Lipinski definition) is 4. The summed E-state index contributed by atoms with van der Waals surface area (Å²) in [7, 11) is 1.91. The Hall–Kier alpha value is -1.24. The number of fused-ring (bicyclic) bond motifs is 1. The molecular formula is C15H25N5OS. The third-order valence-corrected chi connectivity index (χ3v) is 5.94. The number of carbonyl (C=O) groups is 1. The largest absolute Gasteiger partial charge is 0.331 e. The number of urea groups is 1. The van der Waals surface area contributed by atoms with Crippen molar-refractivity contribution in [2.45, 2.75) is 63.4 Å². The Morgan fingerprint density at radius 2 is 2.32 bits per heavy atom. The number of aryl methyl sites for hydroxylation is 1. The van der Waals surface area contributed by atoms with E-state index in [4.69, 9.17) is 0 Å². The minimum atomic E-state index is 0.00231. The van der Waals surface area contributed by atoms with E-state index in [0.717, 1.165) is 49.6 Å². The first-order valence-electron chi connectivity index (χ1n) is 8.22. The van der Waals surface area contributed by atoms with Gasteiger partial charge in [-0.25, -0.2) is 4.79 Å². The number of nitrogens with zero attached hydrogens (tertiary/aromatic N) is 4. The van der Waals surface area contributed by atoms with Gasteiger partial charge in [0.25, 0.3) is 0 Å². The maximum Gasteiger partial charge on any atom is 0.317 e. The third kappa shape index (κ3) is 3.24. The molecule has 3 rings (SSSR count). The lowest BCUT2D eigenvalue weighted by atomic mass is 10.2. The molecule has 0 radical (unpaired) electrons. The van der Waals surface area contributed by atoms with Crippen LogP contribution in [0, 0.1) is 0 Å². The number of thioether (sulfide) groups is 1. The van der Waals surface area contributed by atoms with Crippen molar-refractivity contribution < 1.29 is 4.79 Å². The predicted octanol–water partition coefficient (Wildman–Crippen LogP) is 2.04. The highest BCUT2D eigenvalue weighted by Gasteiger charge is 2.30. The van der Waals surface area contributed by atoms with Crippen molar-refractivity contribution >= 4 is 17.8 Å². The SMILES string of the molecule is CCS[C@@H]1CC[C@H](N(C)C(=O)NCc2nnc3n2CCC3)C1. The van der Waals surface area contributed by atoms with Crippen LogP contribution in [0.4, 0.5) is 4.79 Å². The van der Waals surface area contributed by atoms with E-state index in [1.807, 2.05) is 23.7 Å². The Morgan fingerprint density at radius 3 is 3.14 bits per heavy atom. The molecule has 1 N–H and O–H groups in total. The zero-order valence-corrected chi connectivity index (χ0v) is 14.2. The van der Waals surface area contributed by atoms with Gasteiger partial charge in [-0.15, -0.1) is 10.2 Å². The molecule has 2 amide bonds. The summed E-state index contributed by atoms with van der Waals surface area (Å²) in [5.41, 5.74) is 0. The highest BCUT2D eigenvalue weighted by molar-refractivity contribution is 7.99. The van der Waals surface area contributed by atoms with Crippen LogP contribution in [0.25, 0.3) is 0 Å². The second-order valence-corrected chi connectivity index (χ2v) is 7.68. The third-order valence-electron chi connectivity index (χ3n) is 4.71. The van der Waals surface area contributed by atoms with E-state index < -0.39 is 0 Å². The van der Waals surface area contributed by atoms with E-state index in [1.165, 1.54) is 6.42 Å². The maximum atomic E-state index is 12.3. The molecule has 0 aromatic carbocycles. The minimum absolute atomic E-state index is 0.00231. The number of nitrogens with one attached hydrogen (secondary N) is 1. The first-order valence-corrected chi connectivity index (χ1v) is 9.27. The lowest BCUT2D eigenvalue weighted by Crippen LogP contribution is -2.42. The van der Waals surface area contributed by atoms with E-state index >= 15 is 0 Å². The van der Waals surface area contributed by atoms with E-state index in [2.05, 4.69) is 27.0 Å². The highest BCUT2D eigenvalue weighted by Crippen LogP contribution is 2.32. The number of aromatic nitrogens is 3. The average molecular weight is 323 g/mol. The van der Waals surface area contributed by atoms with Crippen molar-refractivity contribution in [3.63, 3.8) is 0 Å².